The maximum atomic E-state index is 12.1. The van der Waals surface area contributed by atoms with Crippen molar-refractivity contribution in [3.63, 3.8) is 0 Å². The third kappa shape index (κ3) is 9.83. The molecule has 0 saturated heterocycles. The molecule has 0 bridgehead atoms. The highest BCUT2D eigenvalue weighted by Crippen LogP contribution is 2.31. The number of hydrogen-bond acceptors (Lipinski definition) is 8. The van der Waals surface area contributed by atoms with E-state index in [9.17, 15) is 44.3 Å². The Balaban J connectivity index is 0.000000278. The second-order valence-electron chi connectivity index (χ2n) is 6.17. The first-order valence-corrected chi connectivity index (χ1v) is 10.2. The largest absolute Gasteiger partial charge is 0.478 e. The second kappa shape index (κ2) is 13.2. The summed E-state index contributed by atoms with van der Waals surface area (Å²) in [4.78, 5) is 29.4. The molecular formula is C18H12BrF9N6O3. The van der Waals surface area contributed by atoms with Crippen molar-refractivity contribution >= 4 is 21.9 Å². The molecule has 3 aromatic rings. The standard InChI is InChI=1S/C6H4BrF3N2.C6H3F3N2O2.C6H5F3N2O/c7-1-4-2-11-3-12-5(4)6(8,9)10;7-6(8,9)4-3(5(12)13)1-10-2-11-4;7-6(8,9)5-4(2-12)1-10-3-11-5/h2-3H,1H2;1-2H,(H,12,13);1,3,12H,2H2. The van der Waals surface area contributed by atoms with Gasteiger partial charge in [-0.15, -0.1) is 0 Å². The molecule has 0 saturated carbocycles. The normalized spacial score (nSPS) is 11.5. The van der Waals surface area contributed by atoms with E-state index in [0.717, 1.165) is 25.0 Å². The van der Waals surface area contributed by atoms with Gasteiger partial charge in [0.15, 0.2) is 17.1 Å². The molecule has 0 fully saturated rings. The van der Waals surface area contributed by atoms with Crippen LogP contribution in [0, 0.1) is 0 Å². The van der Waals surface area contributed by atoms with Crippen LogP contribution in [0.2, 0.25) is 0 Å². The van der Waals surface area contributed by atoms with Crippen molar-refractivity contribution in [1.82, 2.24) is 29.9 Å². The Kier molecular flexibility index (Phi) is 11.2. The van der Waals surface area contributed by atoms with Crippen LogP contribution in [-0.4, -0.2) is 46.1 Å². The van der Waals surface area contributed by atoms with Crippen LogP contribution in [0.4, 0.5) is 39.5 Å². The summed E-state index contributed by atoms with van der Waals surface area (Å²) in [6.07, 6.45) is -8.67. The summed E-state index contributed by atoms with van der Waals surface area (Å²) >= 11 is 2.92. The number of rotatable bonds is 3. The Bertz CT molecular complexity index is 1120. The van der Waals surface area contributed by atoms with Crippen LogP contribution in [0.25, 0.3) is 0 Å². The van der Waals surface area contributed by atoms with Crippen molar-refractivity contribution in [2.24, 2.45) is 0 Å². The van der Waals surface area contributed by atoms with Gasteiger partial charge in [0.05, 0.1) is 6.61 Å². The van der Waals surface area contributed by atoms with Gasteiger partial charge in [0.2, 0.25) is 0 Å². The molecule has 9 nitrogen and oxygen atoms in total. The van der Waals surface area contributed by atoms with Crippen molar-refractivity contribution in [1.29, 1.82) is 0 Å². The average Bonchev–Trinajstić information content (AvgIpc) is 2.83. The number of carboxylic acids is 1. The fraction of sp³-hybridized carbons (Fsp3) is 0.278. The van der Waals surface area contributed by atoms with Gasteiger partial charge in [0.1, 0.15) is 24.5 Å². The highest BCUT2D eigenvalue weighted by atomic mass is 79.9. The summed E-state index contributed by atoms with van der Waals surface area (Å²) < 4.78 is 109. The van der Waals surface area contributed by atoms with Crippen molar-refractivity contribution in [3.05, 3.63) is 71.3 Å². The number of carbonyl (C=O) groups is 1. The summed E-state index contributed by atoms with van der Waals surface area (Å²) in [6.45, 7) is -0.713. The van der Waals surface area contributed by atoms with Crippen molar-refractivity contribution in [3.8, 4) is 0 Å². The number of hydrogen-bond donors (Lipinski definition) is 2. The van der Waals surface area contributed by atoms with E-state index in [2.05, 4.69) is 45.8 Å². The Morgan fingerprint density at radius 2 is 1.08 bits per heavy atom. The molecule has 3 rings (SSSR count). The molecular weight excluding hydrogens is 599 g/mol. The van der Waals surface area contributed by atoms with Crippen molar-refractivity contribution in [2.45, 2.75) is 30.5 Å². The molecule has 202 valence electrons. The predicted octanol–water partition coefficient (Wildman–Crippen LogP) is 4.57. The fourth-order valence-electron chi connectivity index (χ4n) is 2.15. The zero-order chi connectivity index (χ0) is 28.4. The monoisotopic (exact) mass is 610 g/mol. The van der Waals surface area contributed by atoms with E-state index in [4.69, 9.17) is 10.2 Å². The van der Waals surface area contributed by atoms with Crippen LogP contribution in [0.1, 0.15) is 38.6 Å². The minimum atomic E-state index is -4.77. The van der Waals surface area contributed by atoms with E-state index in [-0.39, 0.29) is 16.5 Å². The summed E-state index contributed by atoms with van der Waals surface area (Å²) in [6, 6.07) is 0. The molecule has 0 amide bonds. The number of aromatic nitrogens is 6. The van der Waals surface area contributed by atoms with Crippen LogP contribution >= 0.6 is 15.9 Å². The number of aliphatic hydroxyl groups is 1. The third-order valence-electron chi connectivity index (χ3n) is 3.64. The van der Waals surface area contributed by atoms with Gasteiger partial charge in [-0.05, 0) is 0 Å². The highest BCUT2D eigenvalue weighted by molar-refractivity contribution is 9.08. The van der Waals surface area contributed by atoms with Gasteiger partial charge < -0.3 is 10.2 Å². The van der Waals surface area contributed by atoms with E-state index in [1.54, 1.807) is 0 Å². The minimum Gasteiger partial charge on any atom is -0.478 e. The van der Waals surface area contributed by atoms with E-state index in [1.165, 1.54) is 0 Å². The molecule has 0 spiro atoms. The number of halogens is 10. The second-order valence-corrected chi connectivity index (χ2v) is 6.73. The lowest BCUT2D eigenvalue weighted by atomic mass is 10.2. The number of aromatic carboxylic acids is 1. The fourth-order valence-corrected chi connectivity index (χ4v) is 2.56. The van der Waals surface area contributed by atoms with Crippen LogP contribution < -0.4 is 0 Å². The minimum absolute atomic E-state index is 0.0463. The van der Waals surface area contributed by atoms with Gasteiger partial charge >= 0.3 is 24.5 Å². The van der Waals surface area contributed by atoms with E-state index in [1.807, 2.05) is 0 Å². The summed E-state index contributed by atoms with van der Waals surface area (Å²) in [5.74, 6) is -1.70. The van der Waals surface area contributed by atoms with E-state index in [0.29, 0.717) is 12.5 Å². The molecule has 0 aliphatic rings. The molecule has 0 atom stereocenters. The summed E-state index contributed by atoms with van der Waals surface area (Å²) in [5, 5.41) is 17.0. The first kappa shape index (κ1) is 31.5. The first-order chi connectivity index (χ1) is 17.0. The van der Waals surface area contributed by atoms with Gasteiger partial charge in [-0.2, -0.15) is 39.5 Å². The molecule has 19 heteroatoms. The quantitative estimate of drug-likeness (QED) is 0.323. The predicted molar refractivity (Wildman–Crippen MR) is 107 cm³/mol. The topological polar surface area (TPSA) is 135 Å². The number of aliphatic hydroxyl groups excluding tert-OH is 1. The molecule has 3 aromatic heterocycles. The smallest absolute Gasteiger partial charge is 0.434 e. The van der Waals surface area contributed by atoms with Crippen molar-refractivity contribution in [2.75, 3.05) is 0 Å². The lowest BCUT2D eigenvalue weighted by Crippen LogP contribution is -2.15. The lowest BCUT2D eigenvalue weighted by Gasteiger charge is -2.07. The first-order valence-electron chi connectivity index (χ1n) is 9.03. The van der Waals surface area contributed by atoms with Gasteiger partial charge in [0, 0.05) is 35.0 Å². The van der Waals surface area contributed by atoms with Gasteiger partial charge in [-0.25, -0.2) is 34.7 Å². The zero-order valence-corrected chi connectivity index (χ0v) is 19.2. The molecule has 0 radical (unpaired) electrons. The maximum Gasteiger partial charge on any atom is 0.434 e. The average molecular weight is 611 g/mol. The lowest BCUT2D eigenvalue weighted by molar-refractivity contribution is -0.143. The molecule has 0 aromatic carbocycles. The zero-order valence-electron chi connectivity index (χ0n) is 17.6. The molecule has 0 aliphatic carbocycles. The van der Waals surface area contributed by atoms with Gasteiger partial charge in [-0.1, -0.05) is 15.9 Å². The van der Waals surface area contributed by atoms with Crippen molar-refractivity contribution < 1.29 is 54.5 Å². The summed E-state index contributed by atoms with van der Waals surface area (Å²) in [5.41, 5.74) is -4.62. The number of alkyl halides is 10. The Labute approximate surface area is 208 Å². The van der Waals surface area contributed by atoms with Crippen LogP contribution in [-0.2, 0) is 30.5 Å². The third-order valence-corrected chi connectivity index (χ3v) is 4.24. The van der Waals surface area contributed by atoms with E-state index >= 15 is 0 Å². The van der Waals surface area contributed by atoms with Crippen LogP contribution in [0.3, 0.4) is 0 Å². The maximum absolute atomic E-state index is 12.1. The van der Waals surface area contributed by atoms with Gasteiger partial charge in [0.25, 0.3) is 0 Å². The molecule has 0 unspecified atom stereocenters. The number of nitrogens with zero attached hydrogens (tertiary/aromatic N) is 6. The summed E-state index contributed by atoms with van der Waals surface area (Å²) in [7, 11) is 0. The highest BCUT2D eigenvalue weighted by Gasteiger charge is 2.37. The van der Waals surface area contributed by atoms with Crippen LogP contribution in [0.15, 0.2) is 37.6 Å². The molecule has 37 heavy (non-hydrogen) atoms. The molecule has 3 heterocycles. The SMILES string of the molecule is FC(F)(F)c1ncncc1CBr.O=C(O)c1cncnc1C(F)(F)F.OCc1cncnc1C(F)(F)F. The van der Waals surface area contributed by atoms with E-state index < -0.39 is 53.8 Å². The Morgan fingerprint density at radius 1 is 0.703 bits per heavy atom. The Hall–Kier alpha value is -3.48. The number of carboxylic acid groups (broad SMARTS) is 1. The van der Waals surface area contributed by atoms with Gasteiger partial charge in [-0.3, -0.25) is 0 Å². The Morgan fingerprint density at radius 3 is 1.38 bits per heavy atom. The molecule has 2 N–H and O–H groups in total. The van der Waals surface area contributed by atoms with Crippen LogP contribution in [0.5, 0.6) is 0 Å². The molecule has 0 aliphatic heterocycles.